The van der Waals surface area contributed by atoms with E-state index in [0.29, 0.717) is 18.2 Å². The fourth-order valence-electron chi connectivity index (χ4n) is 4.53. The Morgan fingerprint density at radius 3 is 2.53 bits per heavy atom. The van der Waals surface area contributed by atoms with E-state index in [9.17, 15) is 4.79 Å². The topological polar surface area (TPSA) is 80.9 Å². The van der Waals surface area contributed by atoms with Crippen LogP contribution in [0.2, 0.25) is 0 Å². The Hall–Kier alpha value is -2.81. The predicted molar refractivity (Wildman–Crippen MR) is 136 cm³/mol. The van der Waals surface area contributed by atoms with Crippen LogP contribution in [0.15, 0.2) is 35.5 Å². The Bertz CT molecular complexity index is 1140. The van der Waals surface area contributed by atoms with Crippen molar-refractivity contribution in [1.29, 1.82) is 0 Å². The van der Waals surface area contributed by atoms with E-state index in [2.05, 4.69) is 37.0 Å². The molecule has 0 radical (unpaired) electrons. The van der Waals surface area contributed by atoms with Crippen LogP contribution in [-0.4, -0.2) is 49.3 Å². The van der Waals surface area contributed by atoms with Gasteiger partial charge in [-0.25, -0.2) is 4.68 Å². The SMILES string of the molecule is Cc1nn(-c2ccccc2)c(C)c1NC(=O)CCSc1nnc(N2CCC(C)CC2)n1C1CC1. The molecule has 1 aliphatic heterocycles. The fourth-order valence-corrected chi connectivity index (χ4v) is 5.46. The molecule has 1 saturated carbocycles. The van der Waals surface area contributed by atoms with Gasteiger partial charge in [0.1, 0.15) is 0 Å². The molecule has 1 saturated heterocycles. The van der Waals surface area contributed by atoms with Crippen molar-refractivity contribution in [3.8, 4) is 5.69 Å². The maximum absolute atomic E-state index is 12.8. The lowest BCUT2D eigenvalue weighted by molar-refractivity contribution is -0.115. The van der Waals surface area contributed by atoms with Crippen LogP contribution in [0.25, 0.3) is 5.69 Å². The lowest BCUT2D eigenvalue weighted by atomic mass is 10.00. The standard InChI is InChI=1S/C25H33N7OS/c1-17-11-14-30(15-12-17)24-27-28-25(31(24)20-9-10-20)34-16-13-22(33)26-23-18(2)29-32(19(23)3)21-7-5-4-6-8-21/h4-8,17,20H,9-16H2,1-3H3,(H,26,33). The molecule has 0 unspecified atom stereocenters. The van der Waals surface area contributed by atoms with E-state index in [1.54, 1.807) is 11.8 Å². The molecule has 1 aromatic carbocycles. The summed E-state index contributed by atoms with van der Waals surface area (Å²) in [5.41, 5.74) is 3.52. The number of thioether (sulfide) groups is 1. The van der Waals surface area contributed by atoms with Crippen LogP contribution >= 0.6 is 11.8 Å². The summed E-state index contributed by atoms with van der Waals surface area (Å²) in [4.78, 5) is 15.1. The molecular weight excluding hydrogens is 446 g/mol. The quantitative estimate of drug-likeness (QED) is 0.469. The first-order valence-electron chi connectivity index (χ1n) is 12.3. The lowest BCUT2D eigenvalue weighted by Gasteiger charge is -2.31. The molecule has 2 aliphatic rings. The summed E-state index contributed by atoms with van der Waals surface area (Å²) in [6.07, 6.45) is 5.20. The van der Waals surface area contributed by atoms with E-state index >= 15 is 0 Å². The third kappa shape index (κ3) is 4.85. The van der Waals surface area contributed by atoms with Crippen molar-refractivity contribution in [2.45, 2.75) is 64.1 Å². The molecule has 3 aromatic rings. The number of piperidine rings is 1. The summed E-state index contributed by atoms with van der Waals surface area (Å²) in [6.45, 7) is 8.34. The molecule has 9 heteroatoms. The van der Waals surface area contributed by atoms with E-state index in [4.69, 9.17) is 0 Å². The van der Waals surface area contributed by atoms with Gasteiger partial charge < -0.3 is 10.2 Å². The highest BCUT2D eigenvalue weighted by atomic mass is 32.2. The first kappa shape index (κ1) is 23.0. The smallest absolute Gasteiger partial charge is 0.228 e. The molecule has 0 atom stereocenters. The Morgan fingerprint density at radius 2 is 1.82 bits per heavy atom. The maximum atomic E-state index is 12.8. The number of amides is 1. The van der Waals surface area contributed by atoms with Crippen LogP contribution in [0.3, 0.4) is 0 Å². The van der Waals surface area contributed by atoms with Gasteiger partial charge in [-0.05, 0) is 57.6 Å². The number of hydrogen-bond donors (Lipinski definition) is 1. The number of benzene rings is 1. The molecule has 5 rings (SSSR count). The highest BCUT2D eigenvalue weighted by molar-refractivity contribution is 7.99. The molecule has 2 aromatic heterocycles. The van der Waals surface area contributed by atoms with Gasteiger partial charge in [0, 0.05) is 31.3 Å². The van der Waals surface area contributed by atoms with Crippen molar-refractivity contribution in [2.24, 2.45) is 5.92 Å². The lowest BCUT2D eigenvalue weighted by Crippen LogP contribution is -2.34. The van der Waals surface area contributed by atoms with Gasteiger partial charge in [0.25, 0.3) is 0 Å². The molecule has 2 fully saturated rings. The third-order valence-corrected chi connectivity index (χ3v) is 7.69. The zero-order valence-corrected chi connectivity index (χ0v) is 21.0. The van der Waals surface area contributed by atoms with Crippen molar-refractivity contribution < 1.29 is 4.79 Å². The Labute approximate surface area is 205 Å². The number of hydrogen-bond acceptors (Lipinski definition) is 6. The zero-order valence-electron chi connectivity index (χ0n) is 20.2. The van der Waals surface area contributed by atoms with E-state index in [0.717, 1.165) is 52.9 Å². The highest BCUT2D eigenvalue weighted by Crippen LogP contribution is 2.41. The average Bonchev–Trinajstić information content (AvgIpc) is 3.54. The van der Waals surface area contributed by atoms with Crippen molar-refractivity contribution in [2.75, 3.05) is 29.1 Å². The van der Waals surface area contributed by atoms with Gasteiger partial charge in [0.05, 0.1) is 22.8 Å². The normalized spacial score (nSPS) is 16.7. The minimum atomic E-state index is -0.00552. The summed E-state index contributed by atoms with van der Waals surface area (Å²) in [7, 11) is 0. The molecule has 3 heterocycles. The Kier molecular flexibility index (Phi) is 6.63. The minimum absolute atomic E-state index is 0.00552. The summed E-state index contributed by atoms with van der Waals surface area (Å²) >= 11 is 1.63. The van der Waals surface area contributed by atoms with Crippen molar-refractivity contribution >= 4 is 29.3 Å². The van der Waals surface area contributed by atoms with Gasteiger partial charge in [-0.3, -0.25) is 9.36 Å². The number of anilines is 2. The third-order valence-electron chi connectivity index (χ3n) is 6.74. The number of carbonyl (C=O) groups excluding carboxylic acids is 1. The van der Waals surface area contributed by atoms with Gasteiger partial charge in [-0.1, -0.05) is 36.9 Å². The predicted octanol–water partition coefficient (Wildman–Crippen LogP) is 4.77. The second-order valence-corrected chi connectivity index (χ2v) is 10.6. The van der Waals surface area contributed by atoms with Crippen molar-refractivity contribution in [3.63, 3.8) is 0 Å². The number of rotatable bonds is 8. The van der Waals surface area contributed by atoms with Crippen molar-refractivity contribution in [1.82, 2.24) is 24.5 Å². The largest absolute Gasteiger partial charge is 0.341 e. The number of para-hydroxylation sites is 1. The molecule has 34 heavy (non-hydrogen) atoms. The molecule has 1 amide bonds. The van der Waals surface area contributed by atoms with E-state index in [1.807, 2.05) is 48.9 Å². The first-order chi connectivity index (χ1) is 16.5. The maximum Gasteiger partial charge on any atom is 0.228 e. The van der Waals surface area contributed by atoms with Crippen LogP contribution in [0, 0.1) is 19.8 Å². The number of nitrogens with one attached hydrogen (secondary N) is 1. The van der Waals surface area contributed by atoms with Crippen LogP contribution in [0.1, 0.15) is 56.5 Å². The van der Waals surface area contributed by atoms with Gasteiger partial charge in [-0.15, -0.1) is 10.2 Å². The van der Waals surface area contributed by atoms with Crippen LogP contribution < -0.4 is 10.2 Å². The Balaban J connectivity index is 1.20. The zero-order chi connectivity index (χ0) is 23.7. The van der Waals surface area contributed by atoms with Gasteiger partial charge in [0.2, 0.25) is 11.9 Å². The number of aromatic nitrogens is 5. The molecular formula is C25H33N7OS. The van der Waals surface area contributed by atoms with Gasteiger partial charge in [-0.2, -0.15) is 5.10 Å². The van der Waals surface area contributed by atoms with Crippen molar-refractivity contribution in [3.05, 3.63) is 41.7 Å². The van der Waals surface area contributed by atoms with Crippen LogP contribution in [0.4, 0.5) is 11.6 Å². The second-order valence-electron chi connectivity index (χ2n) is 9.49. The summed E-state index contributed by atoms with van der Waals surface area (Å²) in [5, 5.41) is 17.7. The molecule has 1 aliphatic carbocycles. The highest BCUT2D eigenvalue weighted by Gasteiger charge is 2.32. The van der Waals surface area contributed by atoms with E-state index < -0.39 is 0 Å². The average molecular weight is 480 g/mol. The van der Waals surface area contributed by atoms with Crippen LogP contribution in [0.5, 0.6) is 0 Å². The van der Waals surface area contributed by atoms with Gasteiger partial charge >= 0.3 is 0 Å². The number of aryl methyl sites for hydroxylation is 1. The fraction of sp³-hybridized carbons (Fsp3) is 0.520. The Morgan fingerprint density at radius 1 is 1.09 bits per heavy atom. The molecule has 0 spiro atoms. The van der Waals surface area contributed by atoms with Crippen LogP contribution in [-0.2, 0) is 4.79 Å². The summed E-state index contributed by atoms with van der Waals surface area (Å²) in [5.74, 6) is 2.46. The minimum Gasteiger partial charge on any atom is -0.341 e. The molecule has 0 bridgehead atoms. The molecule has 180 valence electrons. The van der Waals surface area contributed by atoms with E-state index in [-0.39, 0.29) is 5.91 Å². The first-order valence-corrected chi connectivity index (χ1v) is 13.2. The molecule has 8 nitrogen and oxygen atoms in total. The number of nitrogens with zero attached hydrogens (tertiary/aromatic N) is 6. The van der Waals surface area contributed by atoms with Gasteiger partial charge in [0.15, 0.2) is 5.16 Å². The number of carbonyl (C=O) groups is 1. The molecule has 1 N–H and O–H groups in total. The monoisotopic (exact) mass is 479 g/mol. The van der Waals surface area contributed by atoms with E-state index in [1.165, 1.54) is 25.7 Å². The summed E-state index contributed by atoms with van der Waals surface area (Å²) < 4.78 is 4.19. The second kappa shape index (κ2) is 9.82. The summed E-state index contributed by atoms with van der Waals surface area (Å²) in [6, 6.07) is 10.5.